The molecular weight excluding hydrogens is 275 g/mol. The summed E-state index contributed by atoms with van der Waals surface area (Å²) in [6.07, 6.45) is 1.51. The van der Waals surface area contributed by atoms with Crippen LogP contribution in [0.2, 0.25) is 0 Å². The Morgan fingerprint density at radius 1 is 1.29 bits per heavy atom. The van der Waals surface area contributed by atoms with Gasteiger partial charge >= 0.3 is 0 Å². The van der Waals surface area contributed by atoms with Crippen molar-refractivity contribution in [1.29, 1.82) is 0 Å². The molecule has 3 rings (SSSR count). The Morgan fingerprint density at radius 2 is 2.00 bits per heavy atom. The number of ether oxygens (including phenoxy) is 1. The molecule has 1 amide bonds. The summed E-state index contributed by atoms with van der Waals surface area (Å²) >= 11 is 0. The SMILES string of the molecule is Cn1cc(C(=O)N2CCOCC2)c(=O)c2cc(F)ccc21. The van der Waals surface area contributed by atoms with E-state index < -0.39 is 11.2 Å². The number of rotatable bonds is 1. The van der Waals surface area contributed by atoms with Gasteiger partial charge in [-0.25, -0.2) is 4.39 Å². The van der Waals surface area contributed by atoms with E-state index in [2.05, 4.69) is 0 Å². The van der Waals surface area contributed by atoms with Crippen LogP contribution in [-0.2, 0) is 11.8 Å². The standard InChI is InChI=1S/C15H15FN2O3/c1-17-9-12(15(20)18-4-6-21-7-5-18)14(19)11-8-10(16)2-3-13(11)17/h2-3,8-9H,4-7H2,1H3. The second-order valence-electron chi connectivity index (χ2n) is 5.05. The number of amides is 1. The molecule has 1 fully saturated rings. The molecule has 0 N–H and O–H groups in total. The van der Waals surface area contributed by atoms with Gasteiger partial charge in [0.15, 0.2) is 0 Å². The predicted molar refractivity (Wildman–Crippen MR) is 75.9 cm³/mol. The van der Waals surface area contributed by atoms with Crippen LogP contribution < -0.4 is 5.43 Å². The molecule has 21 heavy (non-hydrogen) atoms. The Morgan fingerprint density at radius 3 is 2.71 bits per heavy atom. The van der Waals surface area contributed by atoms with E-state index in [0.717, 1.165) is 0 Å². The summed E-state index contributed by atoms with van der Waals surface area (Å²) in [4.78, 5) is 26.5. The number of halogens is 1. The van der Waals surface area contributed by atoms with E-state index in [0.29, 0.717) is 31.8 Å². The summed E-state index contributed by atoms with van der Waals surface area (Å²) in [7, 11) is 1.73. The van der Waals surface area contributed by atoms with Crippen LogP contribution >= 0.6 is 0 Å². The highest BCUT2D eigenvalue weighted by atomic mass is 19.1. The summed E-state index contributed by atoms with van der Waals surface area (Å²) in [5.74, 6) is -0.819. The predicted octanol–water partition coefficient (Wildman–Crippen LogP) is 1.15. The van der Waals surface area contributed by atoms with E-state index in [-0.39, 0.29) is 16.9 Å². The minimum absolute atomic E-state index is 0.0671. The van der Waals surface area contributed by atoms with E-state index in [1.54, 1.807) is 16.5 Å². The van der Waals surface area contributed by atoms with Gasteiger partial charge in [-0.15, -0.1) is 0 Å². The summed E-state index contributed by atoms with van der Waals surface area (Å²) in [5, 5.41) is 0.219. The molecule has 5 nitrogen and oxygen atoms in total. The number of hydrogen-bond donors (Lipinski definition) is 0. The molecule has 2 aromatic rings. The summed E-state index contributed by atoms with van der Waals surface area (Å²) < 4.78 is 20.2. The van der Waals surface area contributed by atoms with Crippen LogP contribution in [0.1, 0.15) is 10.4 Å². The van der Waals surface area contributed by atoms with Crippen molar-refractivity contribution in [2.45, 2.75) is 0 Å². The molecule has 0 aliphatic carbocycles. The van der Waals surface area contributed by atoms with E-state index >= 15 is 0 Å². The lowest BCUT2D eigenvalue weighted by Gasteiger charge is -2.26. The van der Waals surface area contributed by atoms with Gasteiger partial charge in [-0.3, -0.25) is 9.59 Å². The molecule has 1 saturated heterocycles. The Labute approximate surface area is 120 Å². The van der Waals surface area contributed by atoms with Crippen molar-refractivity contribution in [3.8, 4) is 0 Å². The van der Waals surface area contributed by atoms with Crippen LogP contribution in [0.25, 0.3) is 10.9 Å². The Kier molecular flexibility index (Phi) is 3.47. The van der Waals surface area contributed by atoms with Gasteiger partial charge in [-0.2, -0.15) is 0 Å². The fraction of sp³-hybridized carbons (Fsp3) is 0.333. The number of aromatic nitrogens is 1. The lowest BCUT2D eigenvalue weighted by Crippen LogP contribution is -2.42. The first-order chi connectivity index (χ1) is 10.1. The van der Waals surface area contributed by atoms with Crippen LogP contribution in [0.15, 0.2) is 29.2 Å². The first kappa shape index (κ1) is 13.8. The number of hydrogen-bond acceptors (Lipinski definition) is 3. The number of carbonyl (C=O) groups is 1. The van der Waals surface area contributed by atoms with Crippen molar-refractivity contribution < 1.29 is 13.9 Å². The molecule has 1 aromatic heterocycles. The van der Waals surface area contributed by atoms with Gasteiger partial charge in [-0.1, -0.05) is 0 Å². The maximum atomic E-state index is 13.4. The van der Waals surface area contributed by atoms with Crippen molar-refractivity contribution in [3.63, 3.8) is 0 Å². The Bertz CT molecular complexity index is 763. The Hall–Kier alpha value is -2.21. The number of pyridine rings is 1. The fourth-order valence-corrected chi connectivity index (χ4v) is 2.55. The number of nitrogens with zero attached hydrogens (tertiary/aromatic N) is 2. The second-order valence-corrected chi connectivity index (χ2v) is 5.05. The van der Waals surface area contributed by atoms with Gasteiger partial charge in [0.25, 0.3) is 5.91 Å². The molecule has 1 aromatic carbocycles. The average Bonchev–Trinajstić information content (AvgIpc) is 2.51. The van der Waals surface area contributed by atoms with Crippen LogP contribution in [0.4, 0.5) is 4.39 Å². The number of morpholine rings is 1. The van der Waals surface area contributed by atoms with E-state index in [4.69, 9.17) is 4.74 Å². The molecule has 110 valence electrons. The molecule has 0 bridgehead atoms. The van der Waals surface area contributed by atoms with Gasteiger partial charge in [0.2, 0.25) is 5.43 Å². The normalized spacial score (nSPS) is 15.4. The first-order valence-corrected chi connectivity index (χ1v) is 6.74. The summed E-state index contributed by atoms with van der Waals surface area (Å²) in [6.45, 7) is 1.86. The van der Waals surface area contributed by atoms with Gasteiger partial charge < -0.3 is 14.2 Å². The Balaban J connectivity index is 2.12. The number of benzene rings is 1. The topological polar surface area (TPSA) is 51.5 Å². The molecular formula is C15H15FN2O3. The van der Waals surface area contributed by atoms with Crippen LogP contribution in [0.5, 0.6) is 0 Å². The highest BCUT2D eigenvalue weighted by molar-refractivity contribution is 5.97. The third-order valence-electron chi connectivity index (χ3n) is 3.68. The molecule has 0 atom stereocenters. The minimum Gasteiger partial charge on any atom is -0.378 e. The van der Waals surface area contributed by atoms with Crippen molar-refractivity contribution in [2.75, 3.05) is 26.3 Å². The van der Waals surface area contributed by atoms with Gasteiger partial charge in [0, 0.05) is 31.7 Å². The molecule has 0 saturated carbocycles. The maximum absolute atomic E-state index is 13.4. The van der Waals surface area contributed by atoms with Crippen molar-refractivity contribution in [1.82, 2.24) is 9.47 Å². The van der Waals surface area contributed by atoms with Crippen molar-refractivity contribution in [3.05, 3.63) is 46.0 Å². The van der Waals surface area contributed by atoms with Crippen LogP contribution in [0, 0.1) is 5.82 Å². The van der Waals surface area contributed by atoms with Crippen molar-refractivity contribution >= 4 is 16.8 Å². The molecule has 1 aliphatic rings. The highest BCUT2D eigenvalue weighted by Gasteiger charge is 2.22. The molecule has 6 heteroatoms. The number of carbonyl (C=O) groups excluding carboxylic acids is 1. The minimum atomic E-state index is -0.490. The van der Waals surface area contributed by atoms with Crippen LogP contribution in [-0.4, -0.2) is 41.7 Å². The zero-order chi connectivity index (χ0) is 15.0. The number of aryl methyl sites for hydroxylation is 1. The third kappa shape index (κ3) is 2.42. The average molecular weight is 290 g/mol. The largest absolute Gasteiger partial charge is 0.378 e. The summed E-state index contributed by atoms with van der Waals surface area (Å²) in [6, 6.07) is 4.01. The monoisotopic (exact) mass is 290 g/mol. The first-order valence-electron chi connectivity index (χ1n) is 6.74. The maximum Gasteiger partial charge on any atom is 0.259 e. The highest BCUT2D eigenvalue weighted by Crippen LogP contribution is 2.14. The van der Waals surface area contributed by atoms with Crippen molar-refractivity contribution in [2.24, 2.45) is 7.05 Å². The molecule has 0 unspecified atom stereocenters. The van der Waals surface area contributed by atoms with E-state index in [9.17, 15) is 14.0 Å². The summed E-state index contributed by atoms with van der Waals surface area (Å²) in [5.41, 5.74) is 0.233. The molecule has 2 heterocycles. The quantitative estimate of drug-likeness (QED) is 0.791. The third-order valence-corrected chi connectivity index (χ3v) is 3.68. The lowest BCUT2D eigenvalue weighted by atomic mass is 10.1. The smallest absolute Gasteiger partial charge is 0.259 e. The second kappa shape index (κ2) is 5.29. The lowest BCUT2D eigenvalue weighted by molar-refractivity contribution is 0.0301. The van der Waals surface area contributed by atoms with E-state index in [1.807, 2.05) is 0 Å². The van der Waals surface area contributed by atoms with Gasteiger partial charge in [0.05, 0.1) is 18.7 Å². The molecule has 0 radical (unpaired) electrons. The zero-order valence-electron chi connectivity index (χ0n) is 11.6. The van der Waals surface area contributed by atoms with Gasteiger partial charge in [-0.05, 0) is 18.2 Å². The van der Waals surface area contributed by atoms with E-state index in [1.165, 1.54) is 24.4 Å². The fourth-order valence-electron chi connectivity index (χ4n) is 2.55. The molecule has 1 aliphatic heterocycles. The van der Waals surface area contributed by atoms with Crippen LogP contribution in [0.3, 0.4) is 0 Å². The zero-order valence-corrected chi connectivity index (χ0v) is 11.6. The molecule has 0 spiro atoms. The number of fused-ring (bicyclic) bond motifs is 1. The van der Waals surface area contributed by atoms with Gasteiger partial charge in [0.1, 0.15) is 11.4 Å².